The van der Waals surface area contributed by atoms with E-state index < -0.39 is 5.41 Å². The van der Waals surface area contributed by atoms with Crippen LogP contribution in [-0.2, 0) is 10.8 Å². The second kappa shape index (κ2) is 14.4. The van der Waals surface area contributed by atoms with E-state index in [1.54, 1.807) is 0 Å². The minimum Gasteiger partial charge on any atom is -0.208 e. The van der Waals surface area contributed by atoms with Crippen molar-refractivity contribution in [3.05, 3.63) is 233 Å². The average Bonchev–Trinajstić information content (AvgIpc) is 3.33. The molecule has 1 aromatic heterocycles. The van der Waals surface area contributed by atoms with Gasteiger partial charge in [0.2, 0.25) is 0 Å². The van der Waals surface area contributed by atoms with Crippen molar-refractivity contribution in [1.82, 2.24) is 15.0 Å². The molecule has 9 aromatic rings. The minimum atomic E-state index is -0.538. The average molecular weight is 799 g/mol. The first-order chi connectivity index (χ1) is 29.9. The Labute approximate surface area is 360 Å². The molecule has 0 saturated heterocycles. The van der Waals surface area contributed by atoms with Crippen molar-refractivity contribution in [1.29, 1.82) is 5.26 Å². The van der Waals surface area contributed by atoms with E-state index in [4.69, 9.17) is 15.0 Å². The summed E-state index contributed by atoms with van der Waals surface area (Å²) in [6.45, 7) is 4.74. The molecule has 0 atom stereocenters. The maximum absolute atomic E-state index is 9.61. The van der Waals surface area contributed by atoms with Gasteiger partial charge in [-0.25, -0.2) is 15.0 Å². The summed E-state index contributed by atoms with van der Waals surface area (Å²) in [6.07, 6.45) is 0. The first-order valence-electron chi connectivity index (χ1n) is 20.6. The molecule has 8 aromatic carbocycles. The summed E-state index contributed by atoms with van der Waals surface area (Å²) in [7, 11) is 0. The summed E-state index contributed by atoms with van der Waals surface area (Å²) in [5.74, 6) is 1.77. The number of rotatable bonds is 5. The van der Waals surface area contributed by atoms with Gasteiger partial charge in [-0.3, -0.25) is 0 Å². The number of aromatic nitrogens is 3. The highest BCUT2D eigenvalue weighted by Crippen LogP contribution is 2.62. The Bertz CT molecular complexity index is 3190. The van der Waals surface area contributed by atoms with Gasteiger partial charge in [0.1, 0.15) is 0 Å². The van der Waals surface area contributed by atoms with Crippen LogP contribution in [0.5, 0.6) is 0 Å². The fraction of sp³-hybridized carbons (Fsp3) is 0.0714. The van der Waals surface area contributed by atoms with E-state index in [1.807, 2.05) is 78.5 Å². The molecule has 11 rings (SSSR count). The first-order valence-corrected chi connectivity index (χ1v) is 21.4. The molecule has 0 bridgehead atoms. The van der Waals surface area contributed by atoms with E-state index in [1.165, 1.54) is 43.2 Å². The van der Waals surface area contributed by atoms with E-state index in [-0.39, 0.29) is 5.41 Å². The van der Waals surface area contributed by atoms with Crippen molar-refractivity contribution in [2.24, 2.45) is 0 Å². The van der Waals surface area contributed by atoms with E-state index >= 15 is 0 Å². The highest BCUT2D eigenvalue weighted by molar-refractivity contribution is 7.99. The molecule has 0 N–H and O–H groups in total. The molecule has 0 saturated carbocycles. The topological polar surface area (TPSA) is 62.5 Å². The third-order valence-electron chi connectivity index (χ3n) is 12.5. The molecule has 2 heterocycles. The summed E-state index contributed by atoms with van der Waals surface area (Å²) in [5.41, 5.74) is 14.5. The molecule has 0 radical (unpaired) electrons. The lowest BCUT2D eigenvalue weighted by molar-refractivity contribution is 0.549. The first kappa shape index (κ1) is 36.7. The van der Waals surface area contributed by atoms with E-state index in [0.29, 0.717) is 23.0 Å². The predicted molar refractivity (Wildman–Crippen MR) is 246 cm³/mol. The molecule has 5 heteroatoms. The van der Waals surface area contributed by atoms with Gasteiger partial charge in [-0.1, -0.05) is 183 Å². The lowest BCUT2D eigenvalue weighted by atomic mass is 9.54. The summed E-state index contributed by atoms with van der Waals surface area (Å²) in [4.78, 5) is 18.1. The van der Waals surface area contributed by atoms with Crippen LogP contribution in [0.15, 0.2) is 204 Å². The van der Waals surface area contributed by atoms with Gasteiger partial charge in [-0.05, 0) is 92.0 Å². The quantitative estimate of drug-likeness (QED) is 0.174. The smallest absolute Gasteiger partial charge is 0.164 e. The van der Waals surface area contributed by atoms with Crippen molar-refractivity contribution < 1.29 is 0 Å². The molecule has 288 valence electrons. The second-order valence-electron chi connectivity index (χ2n) is 16.3. The van der Waals surface area contributed by atoms with Crippen molar-refractivity contribution in [2.75, 3.05) is 0 Å². The van der Waals surface area contributed by atoms with Crippen molar-refractivity contribution in [3.63, 3.8) is 0 Å². The van der Waals surface area contributed by atoms with E-state index in [0.717, 1.165) is 38.9 Å². The van der Waals surface area contributed by atoms with Crippen LogP contribution in [0.4, 0.5) is 0 Å². The third kappa shape index (κ3) is 5.86. The number of benzene rings is 8. The molecule has 1 aliphatic carbocycles. The lowest BCUT2D eigenvalue weighted by Gasteiger charge is -2.50. The van der Waals surface area contributed by atoms with Gasteiger partial charge in [-0.2, -0.15) is 5.26 Å². The van der Waals surface area contributed by atoms with Crippen LogP contribution in [0.2, 0.25) is 0 Å². The van der Waals surface area contributed by atoms with Gasteiger partial charge < -0.3 is 0 Å². The maximum atomic E-state index is 9.61. The second-order valence-corrected chi connectivity index (χ2v) is 17.4. The summed E-state index contributed by atoms with van der Waals surface area (Å²) in [6, 6.07) is 70.9. The Morgan fingerprint density at radius 3 is 1.64 bits per heavy atom. The molecule has 4 nitrogen and oxygen atoms in total. The van der Waals surface area contributed by atoms with Crippen LogP contribution in [-0.4, -0.2) is 15.0 Å². The Balaban J connectivity index is 1.13. The van der Waals surface area contributed by atoms with E-state index in [2.05, 4.69) is 147 Å². The summed E-state index contributed by atoms with van der Waals surface area (Å²) in [5, 5.41) is 9.61. The molecular weight excluding hydrogens is 761 g/mol. The molecular formula is C56H38N4S. The highest BCUT2D eigenvalue weighted by Gasteiger charge is 2.52. The van der Waals surface area contributed by atoms with Crippen LogP contribution in [0.1, 0.15) is 52.8 Å². The maximum Gasteiger partial charge on any atom is 0.164 e. The van der Waals surface area contributed by atoms with Gasteiger partial charge in [0, 0.05) is 31.9 Å². The fourth-order valence-corrected chi connectivity index (χ4v) is 10.9. The predicted octanol–water partition coefficient (Wildman–Crippen LogP) is 13.6. The molecule has 0 unspecified atom stereocenters. The zero-order chi connectivity index (χ0) is 41.1. The molecule has 1 spiro atoms. The van der Waals surface area contributed by atoms with Crippen LogP contribution >= 0.6 is 11.8 Å². The van der Waals surface area contributed by atoms with Gasteiger partial charge in [0.05, 0.1) is 17.0 Å². The van der Waals surface area contributed by atoms with Gasteiger partial charge >= 0.3 is 0 Å². The molecule has 0 fully saturated rings. The largest absolute Gasteiger partial charge is 0.208 e. The number of hydrogen-bond acceptors (Lipinski definition) is 5. The molecule has 1 aliphatic heterocycles. The highest BCUT2D eigenvalue weighted by atomic mass is 32.2. The fourth-order valence-electron chi connectivity index (χ4n) is 9.66. The van der Waals surface area contributed by atoms with Crippen molar-refractivity contribution >= 4 is 11.8 Å². The number of nitriles is 1. The van der Waals surface area contributed by atoms with E-state index in [9.17, 15) is 5.26 Å². The standard InChI is InChI=1S/C56H38N4S/c1-55(2)44-24-8-9-25-46(44)56(47-26-10-12-28-50(47)61-51-29-13-11-27-48(51)56)49-34-40(30-31-45(49)55)42-22-6-7-23-43(42)54-59-52(37-17-4-3-5-18-37)58-53(60-54)41-21-15-20-39(33-41)38-19-14-16-36(32-38)35-57/h3-34H,1-2H3. The minimum absolute atomic E-state index is 0.248. The summed E-state index contributed by atoms with van der Waals surface area (Å²) >= 11 is 1.86. The third-order valence-corrected chi connectivity index (χ3v) is 13.6. The van der Waals surface area contributed by atoms with Crippen LogP contribution in [0, 0.1) is 11.3 Å². The normalized spacial score (nSPS) is 13.9. The lowest BCUT2D eigenvalue weighted by Crippen LogP contribution is -2.43. The van der Waals surface area contributed by atoms with Gasteiger partial charge in [-0.15, -0.1) is 0 Å². The molecule has 0 amide bonds. The van der Waals surface area contributed by atoms with Crippen LogP contribution in [0.3, 0.4) is 0 Å². The summed E-state index contributed by atoms with van der Waals surface area (Å²) < 4.78 is 0. The van der Waals surface area contributed by atoms with Gasteiger partial charge in [0.25, 0.3) is 0 Å². The van der Waals surface area contributed by atoms with Crippen molar-refractivity contribution in [2.45, 2.75) is 34.5 Å². The zero-order valence-corrected chi connectivity index (χ0v) is 34.5. The monoisotopic (exact) mass is 798 g/mol. The van der Waals surface area contributed by atoms with Crippen LogP contribution in [0.25, 0.3) is 56.4 Å². The Kier molecular flexibility index (Phi) is 8.66. The zero-order valence-electron chi connectivity index (χ0n) is 33.7. The molecule has 61 heavy (non-hydrogen) atoms. The van der Waals surface area contributed by atoms with Crippen LogP contribution < -0.4 is 0 Å². The Hall–Kier alpha value is -7.39. The Morgan fingerprint density at radius 1 is 0.393 bits per heavy atom. The van der Waals surface area contributed by atoms with Crippen molar-refractivity contribution in [3.8, 4) is 62.5 Å². The Morgan fingerprint density at radius 2 is 0.918 bits per heavy atom. The van der Waals surface area contributed by atoms with Gasteiger partial charge in [0.15, 0.2) is 17.5 Å². The molecule has 2 aliphatic rings. The number of fused-ring (bicyclic) bond motifs is 8. The number of hydrogen-bond donors (Lipinski definition) is 0. The SMILES string of the molecule is CC1(C)c2ccccc2C2(c3ccccc3Sc3ccccc32)c2cc(-c3ccccc3-c3nc(-c4ccccc4)nc(-c4cccc(-c5cccc(C#N)c5)c4)n3)ccc21. The number of nitrogens with zero attached hydrogens (tertiary/aromatic N) is 4.